The molecule has 1 fully saturated rings. The van der Waals surface area contributed by atoms with Gasteiger partial charge in [-0.3, -0.25) is 9.69 Å². The van der Waals surface area contributed by atoms with E-state index in [0.717, 1.165) is 25.9 Å². The molecule has 1 atom stereocenters. The Hall–Kier alpha value is -2.61. The third kappa shape index (κ3) is 4.92. The molecule has 30 heavy (non-hydrogen) atoms. The molecule has 1 aromatic carbocycles. The summed E-state index contributed by atoms with van der Waals surface area (Å²) in [5.74, 6) is 3.31. The molecule has 0 amide bonds. The molecular formula is C22H31N3O5. The summed E-state index contributed by atoms with van der Waals surface area (Å²) in [6.45, 7) is 6.35. The first-order valence-electron chi connectivity index (χ1n) is 10.3. The van der Waals surface area contributed by atoms with E-state index in [9.17, 15) is 4.79 Å². The zero-order valence-corrected chi connectivity index (χ0v) is 18.4. The van der Waals surface area contributed by atoms with Crippen molar-refractivity contribution in [1.29, 1.82) is 0 Å². The van der Waals surface area contributed by atoms with Crippen LogP contribution >= 0.6 is 0 Å². The number of hydrogen-bond acceptors (Lipinski definition) is 8. The molecule has 2 aromatic rings. The highest BCUT2D eigenvalue weighted by atomic mass is 16.5. The van der Waals surface area contributed by atoms with Gasteiger partial charge in [-0.1, -0.05) is 19.0 Å². The highest BCUT2D eigenvalue weighted by Crippen LogP contribution is 2.43. The van der Waals surface area contributed by atoms with Crippen molar-refractivity contribution in [2.75, 3.05) is 34.4 Å². The van der Waals surface area contributed by atoms with Crippen molar-refractivity contribution in [1.82, 2.24) is 15.0 Å². The molecule has 0 unspecified atom stereocenters. The molecule has 0 N–H and O–H groups in total. The number of aromatic nitrogens is 2. The van der Waals surface area contributed by atoms with E-state index < -0.39 is 0 Å². The van der Waals surface area contributed by atoms with Gasteiger partial charge in [-0.15, -0.1) is 0 Å². The van der Waals surface area contributed by atoms with Crippen molar-refractivity contribution in [2.45, 2.75) is 39.7 Å². The number of ketones is 1. The summed E-state index contributed by atoms with van der Waals surface area (Å²) in [5, 5.41) is 4.13. The monoisotopic (exact) mass is 417 g/mol. The average molecular weight is 418 g/mol. The number of carbonyl (C=O) groups excluding carboxylic acids is 1. The van der Waals surface area contributed by atoms with Crippen LogP contribution in [0.3, 0.4) is 0 Å². The molecular weight excluding hydrogens is 386 g/mol. The third-order valence-electron chi connectivity index (χ3n) is 5.34. The fraction of sp³-hybridized carbons (Fsp3) is 0.591. The molecule has 1 aliphatic rings. The molecule has 0 saturated carbocycles. The van der Waals surface area contributed by atoms with Gasteiger partial charge in [0.1, 0.15) is 5.78 Å². The van der Waals surface area contributed by atoms with Gasteiger partial charge in [0.2, 0.25) is 17.5 Å². The summed E-state index contributed by atoms with van der Waals surface area (Å²) >= 11 is 0. The van der Waals surface area contributed by atoms with Crippen LogP contribution in [0.2, 0.25) is 0 Å². The number of likely N-dealkylation sites (tertiary alicyclic amines) is 1. The van der Waals surface area contributed by atoms with Gasteiger partial charge in [-0.2, -0.15) is 4.98 Å². The number of piperidine rings is 1. The molecule has 0 aliphatic carbocycles. The Morgan fingerprint density at radius 3 is 2.63 bits per heavy atom. The van der Waals surface area contributed by atoms with Gasteiger partial charge >= 0.3 is 0 Å². The van der Waals surface area contributed by atoms with Crippen LogP contribution in [0, 0.1) is 11.8 Å². The number of nitrogens with zero attached hydrogens (tertiary/aromatic N) is 3. The number of rotatable bonds is 9. The first-order chi connectivity index (χ1) is 14.5. The van der Waals surface area contributed by atoms with Gasteiger partial charge in [0.25, 0.3) is 0 Å². The number of hydrogen-bond donors (Lipinski definition) is 0. The Bertz CT molecular complexity index is 864. The first-order valence-corrected chi connectivity index (χ1v) is 10.3. The van der Waals surface area contributed by atoms with Gasteiger partial charge in [-0.05, 0) is 37.4 Å². The van der Waals surface area contributed by atoms with E-state index in [1.165, 1.54) is 0 Å². The highest BCUT2D eigenvalue weighted by Gasteiger charge is 2.27. The van der Waals surface area contributed by atoms with Crippen molar-refractivity contribution >= 4 is 5.78 Å². The summed E-state index contributed by atoms with van der Waals surface area (Å²) in [6.07, 6.45) is 2.60. The molecule has 3 rings (SSSR count). The van der Waals surface area contributed by atoms with Gasteiger partial charge in [-0.25, -0.2) is 0 Å². The van der Waals surface area contributed by atoms with Crippen molar-refractivity contribution in [2.24, 2.45) is 11.8 Å². The lowest BCUT2D eigenvalue weighted by molar-refractivity contribution is -0.125. The number of Topliss-reactive ketones (excluding diaryl/α,β-unsaturated/α-hetero) is 1. The summed E-state index contributed by atoms with van der Waals surface area (Å²) in [6, 6.07) is 3.60. The molecule has 2 heterocycles. The summed E-state index contributed by atoms with van der Waals surface area (Å²) in [5.41, 5.74) is 0.661. The fourth-order valence-electron chi connectivity index (χ4n) is 3.93. The first kappa shape index (κ1) is 22.1. The molecule has 1 aromatic heterocycles. The summed E-state index contributed by atoms with van der Waals surface area (Å²) in [7, 11) is 4.68. The molecule has 0 bridgehead atoms. The lowest BCUT2D eigenvalue weighted by Gasteiger charge is -2.31. The normalized spacial score (nSPS) is 17.2. The van der Waals surface area contributed by atoms with Gasteiger partial charge in [0.15, 0.2) is 11.5 Å². The largest absolute Gasteiger partial charge is 0.493 e. The minimum absolute atomic E-state index is 0.0921. The summed E-state index contributed by atoms with van der Waals surface area (Å²) in [4.78, 5) is 19.2. The van der Waals surface area contributed by atoms with Crippen LogP contribution in [-0.2, 0) is 11.3 Å². The van der Waals surface area contributed by atoms with Gasteiger partial charge in [0, 0.05) is 18.9 Å². The predicted octanol–water partition coefficient (Wildman–Crippen LogP) is 3.59. The van der Waals surface area contributed by atoms with E-state index >= 15 is 0 Å². The predicted molar refractivity (Wildman–Crippen MR) is 112 cm³/mol. The second kappa shape index (κ2) is 9.93. The SMILES string of the molecule is COc1ccc(-c2noc(CN3CCC[C@@H](C(=O)CC(C)C)C3)n2)c(OC)c1OC. The molecule has 164 valence electrons. The standard InChI is InChI=1S/C22H31N3O5/c1-14(2)11-17(26)15-7-6-10-25(12-15)13-19-23-22(24-30-19)16-8-9-18(27-3)21(29-5)20(16)28-4/h8-9,14-15H,6-7,10-13H2,1-5H3/t15-/m1/s1. The van der Waals surface area contributed by atoms with Crippen LogP contribution in [0.1, 0.15) is 39.0 Å². The fourth-order valence-corrected chi connectivity index (χ4v) is 3.93. The van der Waals surface area contributed by atoms with E-state index in [1.807, 2.05) is 6.07 Å². The number of benzene rings is 1. The van der Waals surface area contributed by atoms with E-state index in [4.69, 9.17) is 18.7 Å². The maximum atomic E-state index is 12.5. The van der Waals surface area contributed by atoms with E-state index in [2.05, 4.69) is 28.9 Å². The topological polar surface area (TPSA) is 86.9 Å². The van der Waals surface area contributed by atoms with Crippen LogP contribution in [0.25, 0.3) is 11.4 Å². The number of methoxy groups -OCH3 is 3. The lowest BCUT2D eigenvalue weighted by Crippen LogP contribution is -2.38. The van der Waals surface area contributed by atoms with Crippen LogP contribution in [0.5, 0.6) is 17.2 Å². The number of ether oxygens (including phenoxy) is 3. The van der Waals surface area contributed by atoms with E-state index in [-0.39, 0.29) is 5.92 Å². The van der Waals surface area contributed by atoms with Crippen molar-refractivity contribution in [3.8, 4) is 28.6 Å². The highest BCUT2D eigenvalue weighted by molar-refractivity contribution is 5.81. The van der Waals surface area contributed by atoms with Crippen molar-refractivity contribution < 1.29 is 23.5 Å². The van der Waals surface area contributed by atoms with Crippen molar-refractivity contribution in [3.63, 3.8) is 0 Å². The number of carbonyl (C=O) groups is 1. The van der Waals surface area contributed by atoms with Crippen LogP contribution in [-0.4, -0.2) is 55.2 Å². The average Bonchev–Trinajstić information content (AvgIpc) is 3.20. The lowest BCUT2D eigenvalue weighted by atomic mass is 9.89. The van der Waals surface area contributed by atoms with Crippen LogP contribution < -0.4 is 14.2 Å². The van der Waals surface area contributed by atoms with Crippen LogP contribution in [0.15, 0.2) is 16.7 Å². The minimum Gasteiger partial charge on any atom is -0.493 e. The minimum atomic E-state index is 0.0921. The van der Waals surface area contributed by atoms with E-state index in [0.29, 0.717) is 59.2 Å². The smallest absolute Gasteiger partial charge is 0.241 e. The zero-order chi connectivity index (χ0) is 21.7. The van der Waals surface area contributed by atoms with Gasteiger partial charge < -0.3 is 18.7 Å². The zero-order valence-electron chi connectivity index (χ0n) is 18.4. The van der Waals surface area contributed by atoms with Crippen LogP contribution in [0.4, 0.5) is 0 Å². The third-order valence-corrected chi connectivity index (χ3v) is 5.34. The Morgan fingerprint density at radius 1 is 1.20 bits per heavy atom. The summed E-state index contributed by atoms with van der Waals surface area (Å²) < 4.78 is 21.8. The Labute approximate surface area is 177 Å². The molecule has 8 heteroatoms. The Balaban J connectivity index is 1.73. The molecule has 1 aliphatic heterocycles. The molecule has 0 spiro atoms. The molecule has 8 nitrogen and oxygen atoms in total. The second-order valence-corrected chi connectivity index (χ2v) is 8.03. The molecule has 0 radical (unpaired) electrons. The van der Waals surface area contributed by atoms with Crippen molar-refractivity contribution in [3.05, 3.63) is 18.0 Å². The Morgan fingerprint density at radius 2 is 1.97 bits per heavy atom. The maximum Gasteiger partial charge on any atom is 0.241 e. The van der Waals surface area contributed by atoms with E-state index in [1.54, 1.807) is 27.4 Å². The maximum absolute atomic E-state index is 12.5. The second-order valence-electron chi connectivity index (χ2n) is 8.03. The quantitative estimate of drug-likeness (QED) is 0.612. The molecule has 1 saturated heterocycles. The van der Waals surface area contributed by atoms with Gasteiger partial charge in [0.05, 0.1) is 33.4 Å². The Kier molecular flexibility index (Phi) is 7.31.